The zero-order chi connectivity index (χ0) is 16.3. The topological polar surface area (TPSA) is 52.6 Å². The quantitative estimate of drug-likeness (QED) is 0.863. The minimum atomic E-state index is -0.320. The number of carbonyl (C=O) groups is 1. The predicted octanol–water partition coefficient (Wildman–Crippen LogP) is 2.87. The van der Waals surface area contributed by atoms with Crippen LogP contribution in [0.4, 0.5) is 0 Å². The van der Waals surface area contributed by atoms with Gasteiger partial charge in [0.15, 0.2) is 0 Å². The zero-order valence-electron chi connectivity index (χ0n) is 12.9. The van der Waals surface area contributed by atoms with Crippen molar-refractivity contribution in [1.82, 2.24) is 10.2 Å². The maximum Gasteiger partial charge on any atom is 0.234 e. The molecule has 22 heavy (non-hydrogen) atoms. The maximum atomic E-state index is 12.2. The van der Waals surface area contributed by atoms with Gasteiger partial charge in [-0.2, -0.15) is 0 Å². The monoisotopic (exact) mass is 344 g/mol. The van der Waals surface area contributed by atoms with Crippen molar-refractivity contribution in [3.8, 4) is 0 Å². The lowest BCUT2D eigenvalue weighted by Crippen LogP contribution is -2.37. The highest BCUT2D eigenvalue weighted by Crippen LogP contribution is 2.26. The van der Waals surface area contributed by atoms with Crippen LogP contribution < -0.4 is 5.32 Å². The summed E-state index contributed by atoms with van der Waals surface area (Å²) in [5.74, 6) is 0.223. The summed E-state index contributed by atoms with van der Waals surface area (Å²) in [6.45, 7) is 5.66. The molecule has 1 heterocycles. The van der Waals surface area contributed by atoms with Crippen molar-refractivity contribution in [3.63, 3.8) is 0 Å². The molecule has 3 unspecified atom stereocenters. The lowest BCUT2D eigenvalue weighted by Gasteiger charge is -2.20. The third-order valence-corrected chi connectivity index (χ3v) is 4.73. The molecule has 2 N–H and O–H groups in total. The first kappa shape index (κ1) is 17.5. The van der Waals surface area contributed by atoms with Gasteiger partial charge in [-0.25, -0.2) is 0 Å². The maximum absolute atomic E-state index is 12.2. The summed E-state index contributed by atoms with van der Waals surface area (Å²) in [5.41, 5.74) is 0.850. The third kappa shape index (κ3) is 4.59. The highest BCUT2D eigenvalue weighted by Gasteiger charge is 2.27. The van der Waals surface area contributed by atoms with Gasteiger partial charge in [-0.05, 0) is 50.4 Å². The first-order valence-corrected chi connectivity index (χ1v) is 8.27. The van der Waals surface area contributed by atoms with Crippen molar-refractivity contribution >= 4 is 29.1 Å². The van der Waals surface area contributed by atoms with Crippen LogP contribution in [-0.4, -0.2) is 41.7 Å². The molecule has 0 radical (unpaired) electrons. The van der Waals surface area contributed by atoms with E-state index < -0.39 is 0 Å². The van der Waals surface area contributed by atoms with Crippen molar-refractivity contribution < 1.29 is 9.90 Å². The molecule has 1 aromatic rings. The molecule has 2 rings (SSSR count). The van der Waals surface area contributed by atoms with Crippen LogP contribution in [0.3, 0.4) is 0 Å². The molecule has 1 aliphatic heterocycles. The number of aliphatic hydroxyl groups excluding tert-OH is 1. The number of rotatable bonds is 5. The van der Waals surface area contributed by atoms with Gasteiger partial charge < -0.3 is 10.4 Å². The Morgan fingerprint density at radius 3 is 2.77 bits per heavy atom. The highest BCUT2D eigenvalue weighted by molar-refractivity contribution is 6.35. The molecule has 1 aliphatic rings. The van der Waals surface area contributed by atoms with E-state index in [1.165, 1.54) is 0 Å². The number of nitrogens with zero attached hydrogens (tertiary/aromatic N) is 1. The first-order chi connectivity index (χ1) is 10.4. The summed E-state index contributed by atoms with van der Waals surface area (Å²) in [4.78, 5) is 14.2. The van der Waals surface area contributed by atoms with E-state index in [0.29, 0.717) is 16.6 Å². The summed E-state index contributed by atoms with van der Waals surface area (Å²) >= 11 is 12.0. The molecule has 122 valence electrons. The van der Waals surface area contributed by atoms with Gasteiger partial charge in [0.05, 0.1) is 18.7 Å². The molecular formula is C16H22Cl2N2O2. The number of carbonyl (C=O) groups excluding carboxylic acids is 1. The molecule has 0 bridgehead atoms. The largest absolute Gasteiger partial charge is 0.393 e. The van der Waals surface area contributed by atoms with E-state index in [1.54, 1.807) is 19.1 Å². The summed E-state index contributed by atoms with van der Waals surface area (Å²) in [7, 11) is 0. The van der Waals surface area contributed by atoms with Crippen molar-refractivity contribution in [2.75, 3.05) is 19.6 Å². The van der Waals surface area contributed by atoms with Crippen molar-refractivity contribution in [2.45, 2.75) is 32.4 Å². The number of hydrogen-bond acceptors (Lipinski definition) is 3. The Kier molecular flexibility index (Phi) is 6.09. The molecule has 3 atom stereocenters. The minimum Gasteiger partial charge on any atom is -0.393 e. The van der Waals surface area contributed by atoms with Crippen LogP contribution >= 0.6 is 23.2 Å². The number of aliphatic hydroxyl groups is 1. The Morgan fingerprint density at radius 1 is 1.45 bits per heavy atom. The third-order valence-electron chi connectivity index (χ3n) is 4.16. The van der Waals surface area contributed by atoms with E-state index in [-0.39, 0.29) is 24.0 Å². The van der Waals surface area contributed by atoms with Crippen LogP contribution in [0.2, 0.25) is 10.0 Å². The van der Waals surface area contributed by atoms with Gasteiger partial charge in [0.1, 0.15) is 0 Å². The van der Waals surface area contributed by atoms with E-state index in [1.807, 2.05) is 13.0 Å². The Hall–Kier alpha value is -0.810. The van der Waals surface area contributed by atoms with Crippen molar-refractivity contribution in [3.05, 3.63) is 33.8 Å². The van der Waals surface area contributed by atoms with Gasteiger partial charge in [0, 0.05) is 16.6 Å². The van der Waals surface area contributed by atoms with Crippen LogP contribution in [0.25, 0.3) is 0 Å². The average molecular weight is 345 g/mol. The van der Waals surface area contributed by atoms with Crippen LogP contribution in [0, 0.1) is 5.92 Å². The van der Waals surface area contributed by atoms with E-state index in [4.69, 9.17) is 23.2 Å². The second-order valence-electron chi connectivity index (χ2n) is 5.98. The van der Waals surface area contributed by atoms with E-state index in [0.717, 1.165) is 25.1 Å². The molecule has 6 heteroatoms. The van der Waals surface area contributed by atoms with Gasteiger partial charge in [-0.3, -0.25) is 9.69 Å². The van der Waals surface area contributed by atoms with Crippen molar-refractivity contribution in [2.24, 2.45) is 5.92 Å². The molecule has 0 saturated carbocycles. The number of amides is 1. The smallest absolute Gasteiger partial charge is 0.234 e. The Balaban J connectivity index is 1.87. The van der Waals surface area contributed by atoms with Crippen LogP contribution in [0.1, 0.15) is 31.9 Å². The molecule has 1 fully saturated rings. The first-order valence-electron chi connectivity index (χ1n) is 7.51. The molecule has 1 saturated heterocycles. The second kappa shape index (κ2) is 7.64. The van der Waals surface area contributed by atoms with Crippen LogP contribution in [0.15, 0.2) is 18.2 Å². The second-order valence-corrected chi connectivity index (χ2v) is 6.82. The van der Waals surface area contributed by atoms with Gasteiger partial charge >= 0.3 is 0 Å². The minimum absolute atomic E-state index is 0.0373. The SMILES string of the molecule is CC(NC(=O)CN1CCC(C(C)O)C1)c1ccc(Cl)cc1Cl. The lowest BCUT2D eigenvalue weighted by atomic mass is 10.0. The van der Waals surface area contributed by atoms with E-state index in [2.05, 4.69) is 10.2 Å². The molecule has 0 aromatic heterocycles. The lowest BCUT2D eigenvalue weighted by molar-refractivity contribution is -0.122. The molecular weight excluding hydrogens is 323 g/mol. The molecule has 1 aromatic carbocycles. The number of halogens is 2. The molecule has 0 spiro atoms. The van der Waals surface area contributed by atoms with Crippen LogP contribution in [-0.2, 0) is 4.79 Å². The Morgan fingerprint density at radius 2 is 2.18 bits per heavy atom. The standard InChI is InChI=1S/C16H22Cl2N2O2/c1-10(14-4-3-13(17)7-15(14)18)19-16(22)9-20-6-5-12(8-20)11(2)21/h3-4,7,10-12,21H,5-6,8-9H2,1-2H3,(H,19,22). The van der Waals surface area contributed by atoms with Gasteiger partial charge in [-0.1, -0.05) is 29.3 Å². The van der Waals surface area contributed by atoms with Crippen molar-refractivity contribution in [1.29, 1.82) is 0 Å². The summed E-state index contributed by atoms with van der Waals surface area (Å²) in [6.07, 6.45) is 0.614. The zero-order valence-corrected chi connectivity index (χ0v) is 14.4. The Bertz CT molecular complexity index is 537. The average Bonchev–Trinajstić information content (AvgIpc) is 2.86. The van der Waals surface area contributed by atoms with Gasteiger partial charge in [0.2, 0.25) is 5.91 Å². The summed E-state index contributed by atoms with van der Waals surface area (Å²) in [6, 6.07) is 5.09. The van der Waals surface area contributed by atoms with Gasteiger partial charge in [-0.15, -0.1) is 0 Å². The highest BCUT2D eigenvalue weighted by atomic mass is 35.5. The van der Waals surface area contributed by atoms with Crippen LogP contribution in [0.5, 0.6) is 0 Å². The predicted molar refractivity (Wildman–Crippen MR) is 89.2 cm³/mol. The number of nitrogens with one attached hydrogen (secondary N) is 1. The fourth-order valence-electron chi connectivity index (χ4n) is 2.82. The fraction of sp³-hybridized carbons (Fsp3) is 0.562. The molecule has 0 aliphatic carbocycles. The summed E-state index contributed by atoms with van der Waals surface area (Å²) < 4.78 is 0. The number of hydrogen-bond donors (Lipinski definition) is 2. The normalized spacial score (nSPS) is 21.6. The van der Waals surface area contributed by atoms with E-state index >= 15 is 0 Å². The number of likely N-dealkylation sites (tertiary alicyclic amines) is 1. The molecule has 4 nitrogen and oxygen atoms in total. The van der Waals surface area contributed by atoms with Gasteiger partial charge in [0.25, 0.3) is 0 Å². The Labute approximate surface area is 141 Å². The van der Waals surface area contributed by atoms with E-state index in [9.17, 15) is 9.90 Å². The number of benzene rings is 1. The fourth-order valence-corrected chi connectivity index (χ4v) is 3.39. The summed E-state index contributed by atoms with van der Waals surface area (Å²) in [5, 5.41) is 13.7. The molecule has 1 amide bonds.